The molecule has 3 heteroatoms. The minimum atomic E-state index is -0.0417. The maximum absolute atomic E-state index is 8.44. The fourth-order valence-corrected chi connectivity index (χ4v) is 0.523. The Morgan fingerprint density at radius 3 is 2.33 bits per heavy atom. The van der Waals surface area contributed by atoms with Crippen molar-refractivity contribution in [2.75, 3.05) is 14.1 Å². The fourth-order valence-electron chi connectivity index (χ4n) is 0.523. The van der Waals surface area contributed by atoms with Crippen molar-refractivity contribution >= 4 is 0 Å². The summed E-state index contributed by atoms with van der Waals surface area (Å²) >= 11 is 0. The fraction of sp³-hybridized carbons (Fsp3) is 0.833. The van der Waals surface area contributed by atoms with Gasteiger partial charge in [-0.2, -0.15) is 5.26 Å². The van der Waals surface area contributed by atoms with E-state index in [0.717, 1.165) is 6.42 Å². The number of hydrogen-bond acceptors (Lipinski definition) is 3. The van der Waals surface area contributed by atoms with E-state index in [1.807, 2.05) is 21.0 Å². The first-order valence-electron chi connectivity index (χ1n) is 3.03. The average Bonchev–Trinajstić information content (AvgIpc) is 1.82. The second kappa shape index (κ2) is 4.30. The Balaban J connectivity index is 3.47. The van der Waals surface area contributed by atoms with E-state index >= 15 is 0 Å². The minimum Gasteiger partial charge on any atom is -0.249 e. The summed E-state index contributed by atoms with van der Waals surface area (Å²) in [7, 11) is 3.75. The molecular weight excluding hydrogens is 114 g/mol. The third kappa shape index (κ3) is 3.95. The molecule has 0 saturated carbocycles. The number of hydrogen-bond donors (Lipinski definition) is 1. The van der Waals surface area contributed by atoms with Gasteiger partial charge in [0.05, 0.1) is 6.07 Å². The van der Waals surface area contributed by atoms with Crippen molar-refractivity contribution in [3.8, 4) is 6.07 Å². The van der Waals surface area contributed by atoms with E-state index < -0.39 is 0 Å². The molecule has 0 aliphatic carbocycles. The van der Waals surface area contributed by atoms with Crippen molar-refractivity contribution in [1.82, 2.24) is 10.4 Å². The van der Waals surface area contributed by atoms with Crippen LogP contribution in [0.3, 0.4) is 0 Å². The molecule has 1 N–H and O–H groups in total. The maximum atomic E-state index is 8.44. The minimum absolute atomic E-state index is 0.0417. The van der Waals surface area contributed by atoms with Gasteiger partial charge in [-0.25, -0.2) is 10.4 Å². The summed E-state index contributed by atoms with van der Waals surface area (Å²) in [5, 5.41) is 10.2. The van der Waals surface area contributed by atoms with Crippen LogP contribution in [0.2, 0.25) is 0 Å². The van der Waals surface area contributed by atoms with E-state index in [2.05, 4.69) is 11.5 Å². The van der Waals surface area contributed by atoms with E-state index in [1.54, 1.807) is 5.01 Å². The second-order valence-electron chi connectivity index (χ2n) is 2.11. The average molecular weight is 127 g/mol. The van der Waals surface area contributed by atoms with Crippen LogP contribution in [0.25, 0.3) is 0 Å². The van der Waals surface area contributed by atoms with Crippen LogP contribution in [-0.2, 0) is 0 Å². The van der Waals surface area contributed by atoms with Crippen LogP contribution in [0.1, 0.15) is 13.3 Å². The highest BCUT2D eigenvalue weighted by Crippen LogP contribution is 1.86. The van der Waals surface area contributed by atoms with Crippen LogP contribution in [0.5, 0.6) is 0 Å². The summed E-state index contributed by atoms with van der Waals surface area (Å²) in [4.78, 5) is 0. The molecule has 1 unspecified atom stereocenters. The Morgan fingerprint density at radius 2 is 2.22 bits per heavy atom. The first-order valence-corrected chi connectivity index (χ1v) is 3.03. The Labute approximate surface area is 56.2 Å². The van der Waals surface area contributed by atoms with Crippen LogP contribution in [-0.4, -0.2) is 25.1 Å². The zero-order valence-electron chi connectivity index (χ0n) is 6.18. The Morgan fingerprint density at radius 1 is 1.67 bits per heavy atom. The van der Waals surface area contributed by atoms with E-state index in [0.29, 0.717) is 0 Å². The molecule has 0 spiro atoms. The molecule has 0 aliphatic rings. The van der Waals surface area contributed by atoms with Gasteiger partial charge in [0.1, 0.15) is 6.04 Å². The molecular formula is C6H13N3. The smallest absolute Gasteiger partial charge is 0.108 e. The summed E-state index contributed by atoms with van der Waals surface area (Å²) in [5.41, 5.74) is 2.95. The first-order chi connectivity index (χ1) is 4.20. The van der Waals surface area contributed by atoms with Gasteiger partial charge in [-0.3, -0.25) is 0 Å². The lowest BCUT2D eigenvalue weighted by Crippen LogP contribution is -2.38. The van der Waals surface area contributed by atoms with Crippen LogP contribution >= 0.6 is 0 Å². The van der Waals surface area contributed by atoms with Crippen LogP contribution in [0, 0.1) is 11.3 Å². The quantitative estimate of drug-likeness (QED) is 0.556. The molecule has 0 rings (SSSR count). The molecule has 0 aromatic heterocycles. The zero-order chi connectivity index (χ0) is 7.28. The monoisotopic (exact) mass is 127 g/mol. The molecule has 52 valence electrons. The van der Waals surface area contributed by atoms with Gasteiger partial charge in [0.15, 0.2) is 0 Å². The van der Waals surface area contributed by atoms with Gasteiger partial charge < -0.3 is 0 Å². The van der Waals surface area contributed by atoms with E-state index in [-0.39, 0.29) is 6.04 Å². The standard InChI is InChI=1S/C6H13N3/c1-4-6(5-7)8-9(2)3/h6,8H,4H2,1-3H3. The van der Waals surface area contributed by atoms with Crippen molar-refractivity contribution in [3.05, 3.63) is 0 Å². The number of nitrogens with one attached hydrogen (secondary N) is 1. The van der Waals surface area contributed by atoms with Gasteiger partial charge in [-0.05, 0) is 6.42 Å². The molecule has 0 fully saturated rings. The molecule has 0 heterocycles. The topological polar surface area (TPSA) is 39.1 Å². The number of hydrazine groups is 1. The summed E-state index contributed by atoms with van der Waals surface area (Å²) in [6.07, 6.45) is 0.842. The SMILES string of the molecule is CCC(C#N)NN(C)C. The van der Waals surface area contributed by atoms with E-state index in [4.69, 9.17) is 5.26 Å². The maximum Gasteiger partial charge on any atom is 0.108 e. The Kier molecular flexibility index (Phi) is 4.02. The summed E-state index contributed by atoms with van der Waals surface area (Å²) < 4.78 is 0. The molecule has 0 amide bonds. The van der Waals surface area contributed by atoms with Crippen molar-refractivity contribution in [2.45, 2.75) is 19.4 Å². The molecule has 0 bridgehead atoms. The molecule has 9 heavy (non-hydrogen) atoms. The molecule has 0 saturated heterocycles. The lowest BCUT2D eigenvalue weighted by molar-refractivity contribution is 0.263. The number of nitrogens with zero attached hydrogens (tertiary/aromatic N) is 2. The van der Waals surface area contributed by atoms with E-state index in [9.17, 15) is 0 Å². The molecule has 0 aromatic rings. The predicted molar refractivity (Wildman–Crippen MR) is 36.5 cm³/mol. The molecule has 0 aromatic carbocycles. The molecule has 3 nitrogen and oxygen atoms in total. The van der Waals surface area contributed by atoms with Crippen molar-refractivity contribution < 1.29 is 0 Å². The second-order valence-corrected chi connectivity index (χ2v) is 2.11. The Bertz CT molecular complexity index is 103. The van der Waals surface area contributed by atoms with Gasteiger partial charge in [-0.1, -0.05) is 6.92 Å². The van der Waals surface area contributed by atoms with Gasteiger partial charge in [-0.15, -0.1) is 0 Å². The summed E-state index contributed by atoms with van der Waals surface area (Å²) in [5.74, 6) is 0. The van der Waals surface area contributed by atoms with Crippen molar-refractivity contribution in [2.24, 2.45) is 0 Å². The first kappa shape index (κ1) is 8.41. The number of rotatable bonds is 3. The predicted octanol–water partition coefficient (Wildman–Crippen LogP) is 0.355. The lowest BCUT2D eigenvalue weighted by atomic mass is 10.3. The highest BCUT2D eigenvalue weighted by atomic mass is 15.5. The normalized spacial score (nSPS) is 13.2. The summed E-state index contributed by atoms with van der Waals surface area (Å²) in [6.45, 7) is 1.98. The largest absolute Gasteiger partial charge is 0.249 e. The highest BCUT2D eigenvalue weighted by molar-refractivity contribution is 4.86. The van der Waals surface area contributed by atoms with Crippen LogP contribution in [0.4, 0.5) is 0 Å². The molecule has 1 atom stereocenters. The third-order valence-corrected chi connectivity index (χ3v) is 0.978. The van der Waals surface area contributed by atoms with E-state index in [1.165, 1.54) is 0 Å². The number of nitriles is 1. The van der Waals surface area contributed by atoms with Crippen LogP contribution < -0.4 is 5.43 Å². The van der Waals surface area contributed by atoms with Crippen molar-refractivity contribution in [3.63, 3.8) is 0 Å². The summed E-state index contributed by atoms with van der Waals surface area (Å²) in [6, 6.07) is 2.09. The van der Waals surface area contributed by atoms with Gasteiger partial charge in [0.2, 0.25) is 0 Å². The zero-order valence-corrected chi connectivity index (χ0v) is 6.18. The lowest BCUT2D eigenvalue weighted by Gasteiger charge is -2.14. The van der Waals surface area contributed by atoms with Gasteiger partial charge >= 0.3 is 0 Å². The molecule has 0 radical (unpaired) electrons. The van der Waals surface area contributed by atoms with Crippen molar-refractivity contribution in [1.29, 1.82) is 5.26 Å². The molecule has 0 aliphatic heterocycles. The highest BCUT2D eigenvalue weighted by Gasteiger charge is 2.01. The third-order valence-electron chi connectivity index (χ3n) is 0.978. The van der Waals surface area contributed by atoms with Crippen LogP contribution in [0.15, 0.2) is 0 Å². The van der Waals surface area contributed by atoms with Gasteiger partial charge in [0.25, 0.3) is 0 Å². The Hall–Kier alpha value is -0.590. The van der Waals surface area contributed by atoms with Gasteiger partial charge in [0, 0.05) is 14.1 Å².